The lowest BCUT2D eigenvalue weighted by Crippen LogP contribution is -2.36. The molecule has 6 heteroatoms. The predicted octanol–water partition coefficient (Wildman–Crippen LogP) is 3.29. The van der Waals surface area contributed by atoms with Crippen molar-refractivity contribution in [2.75, 3.05) is 5.32 Å². The number of rotatable bonds is 2. The fraction of sp³-hybridized carbons (Fsp3) is 0.500. The molecule has 0 aliphatic heterocycles. The van der Waals surface area contributed by atoms with E-state index in [1.165, 1.54) is 6.07 Å². The highest BCUT2D eigenvalue weighted by molar-refractivity contribution is 5.59. The second kappa shape index (κ2) is 5.71. The molecule has 20 heavy (non-hydrogen) atoms. The standard InChI is InChI=1S/C14H15F3N2O/c15-14(16,17)10-5-6-11(9(7-10)8-18)19-12-3-1-2-4-13(12)20/h5-7,12-13,19-20H,1-4H2. The van der Waals surface area contributed by atoms with E-state index in [0.29, 0.717) is 12.1 Å². The molecule has 2 atom stereocenters. The van der Waals surface area contributed by atoms with Crippen LogP contribution in [0.5, 0.6) is 0 Å². The Morgan fingerprint density at radius 2 is 1.95 bits per heavy atom. The Bertz CT molecular complexity index is 522. The Labute approximate surface area is 115 Å². The molecule has 0 spiro atoms. The summed E-state index contributed by atoms with van der Waals surface area (Å²) in [4.78, 5) is 0. The van der Waals surface area contributed by atoms with Crippen molar-refractivity contribution in [3.05, 3.63) is 29.3 Å². The van der Waals surface area contributed by atoms with Crippen LogP contribution >= 0.6 is 0 Å². The largest absolute Gasteiger partial charge is 0.416 e. The lowest BCUT2D eigenvalue weighted by molar-refractivity contribution is -0.137. The van der Waals surface area contributed by atoms with Crippen LogP contribution in [-0.4, -0.2) is 17.3 Å². The number of benzene rings is 1. The Morgan fingerprint density at radius 1 is 1.25 bits per heavy atom. The minimum absolute atomic E-state index is 0.0578. The van der Waals surface area contributed by atoms with Crippen molar-refractivity contribution in [1.82, 2.24) is 0 Å². The number of nitrogens with zero attached hydrogens (tertiary/aromatic N) is 1. The molecular formula is C14H15F3N2O. The first-order valence-electron chi connectivity index (χ1n) is 6.48. The molecule has 0 heterocycles. The zero-order valence-electron chi connectivity index (χ0n) is 10.7. The smallest absolute Gasteiger partial charge is 0.391 e. The molecule has 2 unspecified atom stereocenters. The van der Waals surface area contributed by atoms with E-state index in [9.17, 15) is 18.3 Å². The van der Waals surface area contributed by atoms with E-state index in [0.717, 1.165) is 31.4 Å². The number of hydrogen-bond donors (Lipinski definition) is 2. The van der Waals surface area contributed by atoms with Gasteiger partial charge < -0.3 is 10.4 Å². The van der Waals surface area contributed by atoms with E-state index in [1.807, 2.05) is 0 Å². The highest BCUT2D eigenvalue weighted by atomic mass is 19.4. The van der Waals surface area contributed by atoms with Crippen LogP contribution in [0.25, 0.3) is 0 Å². The maximum atomic E-state index is 12.6. The summed E-state index contributed by atoms with van der Waals surface area (Å²) in [5.74, 6) is 0. The zero-order chi connectivity index (χ0) is 14.8. The summed E-state index contributed by atoms with van der Waals surface area (Å²) in [7, 11) is 0. The van der Waals surface area contributed by atoms with Gasteiger partial charge in [0.05, 0.1) is 29.0 Å². The van der Waals surface area contributed by atoms with Gasteiger partial charge in [0.2, 0.25) is 0 Å². The van der Waals surface area contributed by atoms with E-state index in [-0.39, 0.29) is 11.6 Å². The van der Waals surface area contributed by atoms with Gasteiger partial charge in [-0.1, -0.05) is 12.8 Å². The van der Waals surface area contributed by atoms with E-state index < -0.39 is 17.8 Å². The average Bonchev–Trinajstić information content (AvgIpc) is 2.40. The topological polar surface area (TPSA) is 56.0 Å². The minimum Gasteiger partial charge on any atom is -0.391 e. The molecule has 2 rings (SSSR count). The molecule has 1 aliphatic carbocycles. The maximum absolute atomic E-state index is 12.6. The van der Waals surface area contributed by atoms with Crippen LogP contribution in [0.3, 0.4) is 0 Å². The lowest BCUT2D eigenvalue weighted by Gasteiger charge is -2.29. The summed E-state index contributed by atoms with van der Waals surface area (Å²) in [5, 5.41) is 21.8. The van der Waals surface area contributed by atoms with Gasteiger partial charge in [-0.05, 0) is 31.0 Å². The molecule has 0 aromatic heterocycles. The number of anilines is 1. The minimum atomic E-state index is -4.46. The van der Waals surface area contributed by atoms with Crippen LogP contribution in [0.2, 0.25) is 0 Å². The molecule has 1 saturated carbocycles. The maximum Gasteiger partial charge on any atom is 0.416 e. The van der Waals surface area contributed by atoms with E-state index in [2.05, 4.69) is 5.32 Å². The third-order valence-corrected chi connectivity index (χ3v) is 3.54. The number of aliphatic hydroxyl groups is 1. The Kier molecular flexibility index (Phi) is 4.19. The first kappa shape index (κ1) is 14.7. The molecule has 1 aliphatic rings. The zero-order valence-corrected chi connectivity index (χ0v) is 10.7. The van der Waals surface area contributed by atoms with Gasteiger partial charge in [-0.3, -0.25) is 0 Å². The lowest BCUT2D eigenvalue weighted by atomic mass is 9.92. The average molecular weight is 284 g/mol. The Balaban J connectivity index is 2.22. The van der Waals surface area contributed by atoms with Crippen molar-refractivity contribution in [3.8, 4) is 6.07 Å². The Morgan fingerprint density at radius 3 is 2.55 bits per heavy atom. The van der Waals surface area contributed by atoms with Crippen LogP contribution in [-0.2, 0) is 6.18 Å². The van der Waals surface area contributed by atoms with Crippen LogP contribution in [0, 0.1) is 11.3 Å². The number of nitriles is 1. The van der Waals surface area contributed by atoms with Gasteiger partial charge in [0, 0.05) is 0 Å². The molecule has 1 fully saturated rings. The van der Waals surface area contributed by atoms with Crippen molar-refractivity contribution in [2.24, 2.45) is 0 Å². The fourth-order valence-electron chi connectivity index (χ4n) is 2.42. The van der Waals surface area contributed by atoms with Gasteiger partial charge in [0.1, 0.15) is 6.07 Å². The first-order valence-corrected chi connectivity index (χ1v) is 6.48. The summed E-state index contributed by atoms with van der Waals surface area (Å²) in [6.07, 6.45) is -1.69. The van der Waals surface area contributed by atoms with Gasteiger partial charge in [-0.15, -0.1) is 0 Å². The van der Waals surface area contributed by atoms with Crippen molar-refractivity contribution in [3.63, 3.8) is 0 Å². The van der Waals surface area contributed by atoms with Crippen LogP contribution in [0.15, 0.2) is 18.2 Å². The molecule has 1 aromatic carbocycles. The third kappa shape index (κ3) is 3.23. The third-order valence-electron chi connectivity index (χ3n) is 3.54. The number of aliphatic hydroxyl groups excluding tert-OH is 1. The van der Waals surface area contributed by atoms with E-state index in [4.69, 9.17) is 5.26 Å². The molecule has 1 aromatic rings. The van der Waals surface area contributed by atoms with Crippen LogP contribution in [0.1, 0.15) is 36.8 Å². The van der Waals surface area contributed by atoms with Crippen molar-refractivity contribution in [2.45, 2.75) is 44.0 Å². The number of alkyl halides is 3. The summed E-state index contributed by atoms with van der Waals surface area (Å²) in [6, 6.07) is 4.58. The van der Waals surface area contributed by atoms with Crippen molar-refractivity contribution >= 4 is 5.69 Å². The monoisotopic (exact) mass is 284 g/mol. The highest BCUT2D eigenvalue weighted by Crippen LogP contribution is 2.32. The number of nitrogens with one attached hydrogen (secondary N) is 1. The summed E-state index contributed by atoms with van der Waals surface area (Å²) in [5.41, 5.74) is -0.562. The Hall–Kier alpha value is -1.74. The highest BCUT2D eigenvalue weighted by Gasteiger charge is 2.31. The summed E-state index contributed by atoms with van der Waals surface area (Å²) in [6.45, 7) is 0. The van der Waals surface area contributed by atoms with Crippen LogP contribution < -0.4 is 5.32 Å². The second-order valence-electron chi connectivity index (χ2n) is 4.97. The molecule has 0 radical (unpaired) electrons. The van der Waals surface area contributed by atoms with Gasteiger partial charge in [-0.2, -0.15) is 18.4 Å². The van der Waals surface area contributed by atoms with E-state index in [1.54, 1.807) is 6.07 Å². The summed E-state index contributed by atoms with van der Waals surface area (Å²) < 4.78 is 37.8. The molecule has 3 nitrogen and oxygen atoms in total. The predicted molar refractivity (Wildman–Crippen MR) is 68.0 cm³/mol. The summed E-state index contributed by atoms with van der Waals surface area (Å²) >= 11 is 0. The van der Waals surface area contributed by atoms with Gasteiger partial charge in [0.15, 0.2) is 0 Å². The molecule has 108 valence electrons. The molecule has 0 amide bonds. The molecule has 0 saturated heterocycles. The van der Waals surface area contributed by atoms with Crippen LogP contribution in [0.4, 0.5) is 18.9 Å². The van der Waals surface area contributed by atoms with Gasteiger partial charge in [0.25, 0.3) is 0 Å². The van der Waals surface area contributed by atoms with Crippen molar-refractivity contribution < 1.29 is 18.3 Å². The molecule has 2 N–H and O–H groups in total. The normalized spacial score (nSPS) is 23.1. The quantitative estimate of drug-likeness (QED) is 0.876. The number of hydrogen-bond acceptors (Lipinski definition) is 3. The molecular weight excluding hydrogens is 269 g/mol. The van der Waals surface area contributed by atoms with E-state index >= 15 is 0 Å². The number of halogens is 3. The van der Waals surface area contributed by atoms with Gasteiger partial charge in [-0.25, -0.2) is 0 Å². The van der Waals surface area contributed by atoms with Gasteiger partial charge >= 0.3 is 6.18 Å². The second-order valence-corrected chi connectivity index (χ2v) is 4.97. The first-order chi connectivity index (χ1) is 9.41. The molecule has 0 bridgehead atoms. The fourth-order valence-corrected chi connectivity index (χ4v) is 2.42. The van der Waals surface area contributed by atoms with Crippen molar-refractivity contribution in [1.29, 1.82) is 5.26 Å². The SMILES string of the molecule is N#Cc1cc(C(F)(F)F)ccc1NC1CCCCC1O.